The van der Waals surface area contributed by atoms with E-state index < -0.39 is 12.0 Å². The Morgan fingerprint density at radius 2 is 2.09 bits per heavy atom. The molecule has 120 valence electrons. The monoisotopic (exact) mass is 316 g/mol. The molecular formula is C15H16N4O4. The molecule has 1 amide bonds. The molecule has 2 aromatic rings. The van der Waals surface area contributed by atoms with Crippen LogP contribution in [-0.2, 0) is 9.53 Å². The van der Waals surface area contributed by atoms with Gasteiger partial charge in [0.2, 0.25) is 0 Å². The van der Waals surface area contributed by atoms with Gasteiger partial charge < -0.3 is 14.7 Å². The molecule has 0 spiro atoms. The Kier molecular flexibility index (Phi) is 4.33. The van der Waals surface area contributed by atoms with Gasteiger partial charge in [-0.3, -0.25) is 9.59 Å². The van der Waals surface area contributed by atoms with Gasteiger partial charge in [-0.15, -0.1) is 5.10 Å². The minimum atomic E-state index is -0.945. The van der Waals surface area contributed by atoms with E-state index in [2.05, 4.69) is 10.3 Å². The van der Waals surface area contributed by atoms with Gasteiger partial charge in [0.25, 0.3) is 5.91 Å². The largest absolute Gasteiger partial charge is 0.481 e. The number of ether oxygens (including phenoxy) is 1. The zero-order valence-corrected chi connectivity index (χ0v) is 12.3. The number of carboxylic acids is 1. The molecule has 3 rings (SSSR count). The fourth-order valence-corrected chi connectivity index (χ4v) is 2.56. The first kappa shape index (κ1) is 15.2. The Morgan fingerprint density at radius 1 is 1.30 bits per heavy atom. The van der Waals surface area contributed by atoms with Crippen LogP contribution in [0.4, 0.5) is 0 Å². The predicted octanol–water partition coefficient (Wildman–Crippen LogP) is 0.583. The number of amides is 1. The highest BCUT2D eigenvalue weighted by molar-refractivity contribution is 5.95. The number of carboxylic acid groups (broad SMARTS) is 1. The normalized spacial score (nSPS) is 17.9. The van der Waals surface area contributed by atoms with Gasteiger partial charge in [0.15, 0.2) is 0 Å². The Morgan fingerprint density at radius 3 is 2.74 bits per heavy atom. The summed E-state index contributed by atoms with van der Waals surface area (Å²) in [5, 5.41) is 16.6. The highest BCUT2D eigenvalue weighted by Gasteiger charge is 2.29. The third kappa shape index (κ3) is 3.37. The van der Waals surface area contributed by atoms with E-state index in [0.29, 0.717) is 18.7 Å². The van der Waals surface area contributed by atoms with Gasteiger partial charge in [0, 0.05) is 12.1 Å². The first-order chi connectivity index (χ1) is 11.1. The molecule has 2 heterocycles. The van der Waals surface area contributed by atoms with Crippen molar-refractivity contribution < 1.29 is 19.4 Å². The van der Waals surface area contributed by atoms with Gasteiger partial charge in [-0.2, -0.15) is 0 Å². The molecule has 1 aliphatic heterocycles. The van der Waals surface area contributed by atoms with Gasteiger partial charge in [-0.1, -0.05) is 5.21 Å². The lowest BCUT2D eigenvalue weighted by Crippen LogP contribution is -2.49. The Labute approximate surface area is 132 Å². The Balaban J connectivity index is 1.77. The summed E-state index contributed by atoms with van der Waals surface area (Å²) in [7, 11) is 0. The molecule has 23 heavy (non-hydrogen) atoms. The number of carbonyl (C=O) groups excluding carboxylic acids is 1. The van der Waals surface area contributed by atoms with Crippen molar-refractivity contribution >= 4 is 11.9 Å². The zero-order valence-electron chi connectivity index (χ0n) is 12.3. The molecule has 0 radical (unpaired) electrons. The molecule has 1 N–H and O–H groups in total. The standard InChI is InChI=1S/C15H16N4O4/c20-14(21)9-13-10-23-8-7-18(13)15(22)11-1-3-12(4-2-11)19-6-5-16-17-19/h1-6,13H,7-10H2,(H,20,21)/t13-/m0/s1. The van der Waals surface area contributed by atoms with Crippen molar-refractivity contribution in [1.29, 1.82) is 0 Å². The average molecular weight is 316 g/mol. The first-order valence-corrected chi connectivity index (χ1v) is 7.22. The maximum absolute atomic E-state index is 12.6. The molecule has 0 bridgehead atoms. The summed E-state index contributed by atoms with van der Waals surface area (Å²) >= 11 is 0. The molecule has 1 aromatic heterocycles. The molecule has 0 saturated carbocycles. The van der Waals surface area contributed by atoms with Crippen LogP contribution in [0.2, 0.25) is 0 Å². The number of aromatic nitrogens is 3. The van der Waals surface area contributed by atoms with Gasteiger partial charge in [0.1, 0.15) is 0 Å². The highest BCUT2D eigenvalue weighted by atomic mass is 16.5. The molecule has 8 nitrogen and oxygen atoms in total. The van der Waals surface area contributed by atoms with Crippen molar-refractivity contribution in [3.05, 3.63) is 42.2 Å². The van der Waals surface area contributed by atoms with Gasteiger partial charge in [-0.05, 0) is 24.3 Å². The van der Waals surface area contributed by atoms with Crippen molar-refractivity contribution in [1.82, 2.24) is 19.9 Å². The molecule has 1 aliphatic rings. The van der Waals surface area contributed by atoms with E-state index in [1.807, 2.05) is 0 Å². The lowest BCUT2D eigenvalue weighted by Gasteiger charge is -2.34. The van der Waals surface area contributed by atoms with Crippen molar-refractivity contribution in [3.8, 4) is 5.69 Å². The molecule has 1 fully saturated rings. The van der Waals surface area contributed by atoms with E-state index in [1.54, 1.807) is 46.2 Å². The fourth-order valence-electron chi connectivity index (χ4n) is 2.56. The maximum atomic E-state index is 12.6. The van der Waals surface area contributed by atoms with E-state index in [-0.39, 0.29) is 18.9 Å². The van der Waals surface area contributed by atoms with E-state index in [4.69, 9.17) is 9.84 Å². The van der Waals surface area contributed by atoms with Gasteiger partial charge in [-0.25, -0.2) is 4.68 Å². The summed E-state index contributed by atoms with van der Waals surface area (Å²) in [5.74, 6) is -1.13. The number of hydrogen-bond acceptors (Lipinski definition) is 5. The lowest BCUT2D eigenvalue weighted by atomic mass is 10.1. The van der Waals surface area contributed by atoms with Crippen LogP contribution in [0, 0.1) is 0 Å². The van der Waals surface area contributed by atoms with E-state index in [9.17, 15) is 9.59 Å². The number of carbonyl (C=O) groups is 2. The van der Waals surface area contributed by atoms with Crippen molar-refractivity contribution in [2.45, 2.75) is 12.5 Å². The molecule has 1 saturated heterocycles. The molecular weight excluding hydrogens is 300 g/mol. The highest BCUT2D eigenvalue weighted by Crippen LogP contribution is 2.16. The second-order valence-electron chi connectivity index (χ2n) is 5.22. The lowest BCUT2D eigenvalue weighted by molar-refractivity contribution is -0.139. The number of aliphatic carboxylic acids is 1. The number of rotatable bonds is 4. The summed E-state index contributed by atoms with van der Waals surface area (Å²) < 4.78 is 6.89. The van der Waals surface area contributed by atoms with Crippen LogP contribution in [0.1, 0.15) is 16.8 Å². The maximum Gasteiger partial charge on any atom is 0.305 e. The summed E-state index contributed by atoms with van der Waals surface area (Å²) in [4.78, 5) is 25.1. The first-order valence-electron chi connectivity index (χ1n) is 7.22. The average Bonchev–Trinajstić information content (AvgIpc) is 3.09. The van der Waals surface area contributed by atoms with Crippen LogP contribution in [0.15, 0.2) is 36.7 Å². The molecule has 1 atom stereocenters. The number of morpholine rings is 1. The third-order valence-electron chi connectivity index (χ3n) is 3.70. The van der Waals surface area contributed by atoms with Crippen LogP contribution >= 0.6 is 0 Å². The van der Waals surface area contributed by atoms with E-state index >= 15 is 0 Å². The third-order valence-corrected chi connectivity index (χ3v) is 3.70. The quantitative estimate of drug-likeness (QED) is 0.886. The number of benzene rings is 1. The Hall–Kier alpha value is -2.74. The Bertz CT molecular complexity index is 684. The second kappa shape index (κ2) is 6.57. The number of nitrogens with zero attached hydrogens (tertiary/aromatic N) is 4. The summed E-state index contributed by atoms with van der Waals surface area (Å²) in [6, 6.07) is 6.51. The van der Waals surface area contributed by atoms with Crippen LogP contribution in [0.5, 0.6) is 0 Å². The smallest absolute Gasteiger partial charge is 0.305 e. The molecule has 0 unspecified atom stereocenters. The summed E-state index contributed by atoms with van der Waals surface area (Å²) in [6.45, 7) is 1.05. The molecule has 0 aliphatic carbocycles. The summed E-state index contributed by atoms with van der Waals surface area (Å²) in [5.41, 5.74) is 1.30. The van der Waals surface area contributed by atoms with Gasteiger partial charge in [0.05, 0.1) is 43.8 Å². The van der Waals surface area contributed by atoms with Crippen molar-refractivity contribution in [2.24, 2.45) is 0 Å². The minimum Gasteiger partial charge on any atom is -0.481 e. The van der Waals surface area contributed by atoms with Crippen LogP contribution < -0.4 is 0 Å². The van der Waals surface area contributed by atoms with Crippen LogP contribution in [0.25, 0.3) is 5.69 Å². The molecule has 1 aromatic carbocycles. The van der Waals surface area contributed by atoms with E-state index in [0.717, 1.165) is 5.69 Å². The SMILES string of the molecule is O=C(O)C[C@H]1COCCN1C(=O)c1ccc(-n2ccnn2)cc1. The van der Waals surface area contributed by atoms with Crippen LogP contribution in [0.3, 0.4) is 0 Å². The van der Waals surface area contributed by atoms with E-state index in [1.165, 1.54) is 0 Å². The van der Waals surface area contributed by atoms with Gasteiger partial charge >= 0.3 is 5.97 Å². The zero-order chi connectivity index (χ0) is 16.2. The van der Waals surface area contributed by atoms with Crippen molar-refractivity contribution in [2.75, 3.05) is 19.8 Å². The second-order valence-corrected chi connectivity index (χ2v) is 5.22. The minimum absolute atomic E-state index is 0.122. The van der Waals surface area contributed by atoms with Crippen molar-refractivity contribution in [3.63, 3.8) is 0 Å². The topological polar surface area (TPSA) is 97.6 Å². The van der Waals surface area contributed by atoms with Crippen LogP contribution in [-0.4, -0.2) is 62.7 Å². The molecule has 8 heteroatoms. The fraction of sp³-hybridized carbons (Fsp3) is 0.333. The summed E-state index contributed by atoms with van der Waals surface area (Å²) in [6.07, 6.45) is 3.16. The predicted molar refractivity (Wildman–Crippen MR) is 79.3 cm³/mol. The number of hydrogen-bond donors (Lipinski definition) is 1.